The third-order valence-corrected chi connectivity index (χ3v) is 4.62. The molecule has 2 aromatic carbocycles. The highest BCUT2D eigenvalue weighted by Crippen LogP contribution is 2.35. The van der Waals surface area contributed by atoms with Crippen molar-refractivity contribution in [1.82, 2.24) is 14.5 Å². The van der Waals surface area contributed by atoms with Gasteiger partial charge in [0.05, 0.1) is 17.5 Å². The molecule has 2 heterocycles. The summed E-state index contributed by atoms with van der Waals surface area (Å²) in [6, 6.07) is 10.0. The van der Waals surface area contributed by atoms with Gasteiger partial charge in [-0.25, -0.2) is 9.37 Å². The second kappa shape index (κ2) is 6.98. The molecule has 1 amide bonds. The van der Waals surface area contributed by atoms with E-state index in [2.05, 4.69) is 21.9 Å². The molecule has 5 nitrogen and oxygen atoms in total. The van der Waals surface area contributed by atoms with E-state index in [0.29, 0.717) is 22.0 Å². The molecule has 0 aliphatic rings. The molecule has 0 saturated carbocycles. The van der Waals surface area contributed by atoms with Crippen LogP contribution in [-0.4, -0.2) is 20.4 Å². The third kappa shape index (κ3) is 3.30. The molecule has 4 aromatic rings. The maximum Gasteiger partial charge on any atom is 0.247 e. The highest BCUT2D eigenvalue weighted by atomic mass is 35.5. The molecule has 7 heteroatoms. The molecule has 0 saturated heterocycles. The minimum Gasteiger partial charge on any atom is -0.354 e. The zero-order chi connectivity index (χ0) is 19.8. The van der Waals surface area contributed by atoms with Crippen LogP contribution in [0.2, 0.25) is 5.02 Å². The van der Waals surface area contributed by atoms with Gasteiger partial charge in [-0.1, -0.05) is 18.2 Å². The summed E-state index contributed by atoms with van der Waals surface area (Å²) in [5.74, 6) is -0.732. The Morgan fingerprint density at radius 2 is 2.11 bits per heavy atom. The van der Waals surface area contributed by atoms with Crippen molar-refractivity contribution >= 4 is 34.1 Å². The van der Waals surface area contributed by atoms with Crippen LogP contribution in [0.3, 0.4) is 0 Å². The van der Waals surface area contributed by atoms with E-state index in [9.17, 15) is 9.18 Å². The lowest BCUT2D eigenvalue weighted by molar-refractivity contribution is -0.111. The number of carbonyl (C=O) groups is 1. The van der Waals surface area contributed by atoms with Crippen molar-refractivity contribution in [2.75, 3.05) is 5.32 Å². The molecule has 0 aliphatic heterocycles. The van der Waals surface area contributed by atoms with Gasteiger partial charge in [0.25, 0.3) is 0 Å². The van der Waals surface area contributed by atoms with Crippen molar-refractivity contribution in [2.24, 2.45) is 7.05 Å². The number of aromatic amines is 1. The number of nitrogens with one attached hydrogen (secondary N) is 2. The van der Waals surface area contributed by atoms with Gasteiger partial charge >= 0.3 is 0 Å². The van der Waals surface area contributed by atoms with Gasteiger partial charge in [-0.15, -0.1) is 0 Å². The van der Waals surface area contributed by atoms with Gasteiger partial charge in [0.1, 0.15) is 5.82 Å². The summed E-state index contributed by atoms with van der Waals surface area (Å²) in [4.78, 5) is 19.4. The van der Waals surface area contributed by atoms with E-state index in [1.165, 1.54) is 12.1 Å². The lowest BCUT2D eigenvalue weighted by Gasteiger charge is -2.07. The van der Waals surface area contributed by atoms with Crippen molar-refractivity contribution in [2.45, 2.75) is 0 Å². The SMILES string of the molecule is C=CC(=O)Nc1cc(-c2cn(C)cn2)c2[nH]c(-c3ccc(Cl)cc3F)cc2c1. The Morgan fingerprint density at radius 1 is 1.29 bits per heavy atom. The fourth-order valence-corrected chi connectivity index (χ4v) is 3.28. The maximum atomic E-state index is 14.4. The highest BCUT2D eigenvalue weighted by molar-refractivity contribution is 6.30. The van der Waals surface area contributed by atoms with Gasteiger partial charge in [0.2, 0.25) is 5.91 Å². The normalized spacial score (nSPS) is 11.0. The highest BCUT2D eigenvalue weighted by Gasteiger charge is 2.15. The van der Waals surface area contributed by atoms with Gasteiger partial charge in [0.15, 0.2) is 0 Å². The van der Waals surface area contributed by atoms with Crippen molar-refractivity contribution in [1.29, 1.82) is 0 Å². The van der Waals surface area contributed by atoms with E-state index in [0.717, 1.165) is 22.2 Å². The Balaban J connectivity index is 1.92. The summed E-state index contributed by atoms with van der Waals surface area (Å²) >= 11 is 5.86. The van der Waals surface area contributed by atoms with Crippen LogP contribution in [0.25, 0.3) is 33.4 Å². The van der Waals surface area contributed by atoms with Gasteiger partial charge < -0.3 is 14.9 Å². The number of hydrogen-bond donors (Lipinski definition) is 2. The molecule has 0 aliphatic carbocycles. The summed E-state index contributed by atoms with van der Waals surface area (Å²) in [5.41, 5.74) is 3.92. The minimum atomic E-state index is -0.418. The Labute approximate surface area is 165 Å². The lowest BCUT2D eigenvalue weighted by atomic mass is 10.1. The molecule has 0 spiro atoms. The number of fused-ring (bicyclic) bond motifs is 1. The number of nitrogens with zero attached hydrogens (tertiary/aromatic N) is 2. The summed E-state index contributed by atoms with van der Waals surface area (Å²) in [6.07, 6.45) is 4.77. The third-order valence-electron chi connectivity index (χ3n) is 4.38. The predicted octanol–water partition coefficient (Wildman–Crippen LogP) is 5.15. The van der Waals surface area contributed by atoms with Crippen LogP contribution in [0.4, 0.5) is 10.1 Å². The van der Waals surface area contributed by atoms with Gasteiger partial charge in [-0.2, -0.15) is 0 Å². The molecule has 4 rings (SSSR count). The standard InChI is InChI=1S/C21H16ClFN4O/c1-3-20(28)25-14-6-12-7-18(15-5-4-13(22)8-17(15)23)26-21(12)16(9-14)19-10-27(2)11-24-19/h3-11,26H,1H2,2H3,(H,25,28). The van der Waals surface area contributed by atoms with Crippen LogP contribution in [0.5, 0.6) is 0 Å². The van der Waals surface area contributed by atoms with E-state index in [1.54, 1.807) is 18.5 Å². The largest absolute Gasteiger partial charge is 0.354 e. The van der Waals surface area contributed by atoms with Crippen LogP contribution in [0.15, 0.2) is 61.6 Å². The van der Waals surface area contributed by atoms with E-state index < -0.39 is 5.82 Å². The van der Waals surface area contributed by atoms with Crippen molar-refractivity contribution < 1.29 is 9.18 Å². The van der Waals surface area contributed by atoms with Crippen LogP contribution in [-0.2, 0) is 11.8 Å². The molecular weight excluding hydrogens is 379 g/mol. The summed E-state index contributed by atoms with van der Waals surface area (Å²) < 4.78 is 16.2. The minimum absolute atomic E-state index is 0.314. The van der Waals surface area contributed by atoms with E-state index in [-0.39, 0.29) is 5.91 Å². The van der Waals surface area contributed by atoms with Crippen molar-refractivity contribution in [3.05, 3.63) is 72.4 Å². The molecule has 28 heavy (non-hydrogen) atoms. The van der Waals surface area contributed by atoms with Gasteiger partial charge in [-0.3, -0.25) is 4.79 Å². The second-order valence-electron chi connectivity index (χ2n) is 6.41. The average Bonchev–Trinajstić information content (AvgIpc) is 3.27. The molecule has 0 atom stereocenters. The number of rotatable bonds is 4. The summed E-state index contributed by atoms with van der Waals surface area (Å²) in [7, 11) is 1.88. The fourth-order valence-electron chi connectivity index (χ4n) is 3.12. The summed E-state index contributed by atoms with van der Waals surface area (Å²) in [6.45, 7) is 3.48. The molecular formula is C21H16ClFN4O. The van der Waals surface area contributed by atoms with Crippen LogP contribution in [0, 0.1) is 5.82 Å². The number of hydrogen-bond acceptors (Lipinski definition) is 2. The Kier molecular flexibility index (Phi) is 4.49. The van der Waals surface area contributed by atoms with E-state index >= 15 is 0 Å². The number of aromatic nitrogens is 3. The predicted molar refractivity (Wildman–Crippen MR) is 110 cm³/mol. The number of H-pyrrole nitrogens is 1. The van der Waals surface area contributed by atoms with Crippen LogP contribution >= 0.6 is 11.6 Å². The first-order valence-corrected chi connectivity index (χ1v) is 8.86. The molecule has 0 bridgehead atoms. The van der Waals surface area contributed by atoms with Crippen LogP contribution in [0.1, 0.15) is 0 Å². The molecule has 140 valence electrons. The van der Waals surface area contributed by atoms with Crippen molar-refractivity contribution in [3.8, 4) is 22.5 Å². The average molecular weight is 395 g/mol. The number of benzene rings is 2. The Hall–Kier alpha value is -3.38. The number of anilines is 1. The van der Waals surface area contributed by atoms with Crippen LogP contribution < -0.4 is 5.32 Å². The monoisotopic (exact) mass is 394 g/mol. The first-order chi connectivity index (χ1) is 13.4. The zero-order valence-corrected chi connectivity index (χ0v) is 15.7. The lowest BCUT2D eigenvalue weighted by Crippen LogP contribution is -2.07. The second-order valence-corrected chi connectivity index (χ2v) is 6.85. The number of carbonyl (C=O) groups excluding carboxylic acids is 1. The zero-order valence-electron chi connectivity index (χ0n) is 15.0. The first-order valence-electron chi connectivity index (χ1n) is 8.48. The molecule has 0 fully saturated rings. The number of halogens is 2. The van der Waals surface area contributed by atoms with Crippen molar-refractivity contribution in [3.63, 3.8) is 0 Å². The topological polar surface area (TPSA) is 62.7 Å². The van der Waals surface area contributed by atoms with Gasteiger partial charge in [-0.05, 0) is 42.5 Å². The molecule has 2 aromatic heterocycles. The number of imidazole rings is 1. The molecule has 2 N–H and O–H groups in total. The number of amides is 1. The molecule has 0 radical (unpaired) electrons. The summed E-state index contributed by atoms with van der Waals surface area (Å²) in [5, 5.41) is 3.92. The Morgan fingerprint density at radius 3 is 2.79 bits per heavy atom. The number of aryl methyl sites for hydroxylation is 1. The molecule has 0 unspecified atom stereocenters. The fraction of sp³-hybridized carbons (Fsp3) is 0.0476. The van der Waals surface area contributed by atoms with E-state index in [4.69, 9.17) is 11.6 Å². The first kappa shape index (κ1) is 18.0. The Bertz CT molecular complexity index is 1220. The van der Waals surface area contributed by atoms with E-state index in [1.807, 2.05) is 36.0 Å². The maximum absolute atomic E-state index is 14.4. The quantitative estimate of drug-likeness (QED) is 0.470. The van der Waals surface area contributed by atoms with Gasteiger partial charge in [0, 0.05) is 46.2 Å². The smallest absolute Gasteiger partial charge is 0.247 e.